The molecule has 0 radical (unpaired) electrons. The van der Waals surface area contributed by atoms with Crippen molar-refractivity contribution in [2.75, 3.05) is 5.32 Å². The molecule has 1 amide bonds. The Kier molecular flexibility index (Phi) is 3.88. The van der Waals surface area contributed by atoms with E-state index in [0.29, 0.717) is 17.2 Å². The van der Waals surface area contributed by atoms with Gasteiger partial charge in [-0.2, -0.15) is 15.0 Å². The SMILES string of the molecule is CC(C)n1ncc(NC(=O)Cn2cc(-c3ncnc4nc[nH]c34)cn2)n1. The molecule has 11 heteroatoms. The molecule has 0 aliphatic heterocycles. The van der Waals surface area contributed by atoms with Crippen molar-refractivity contribution in [1.29, 1.82) is 0 Å². The molecular weight excluding hydrogens is 336 g/mol. The average Bonchev–Trinajstić information content (AvgIpc) is 3.34. The van der Waals surface area contributed by atoms with Crippen LogP contribution in [0.3, 0.4) is 0 Å². The summed E-state index contributed by atoms with van der Waals surface area (Å²) in [4.78, 5) is 29.2. The first-order valence-electron chi connectivity index (χ1n) is 7.99. The normalized spacial score (nSPS) is 11.3. The van der Waals surface area contributed by atoms with Gasteiger partial charge in [-0.15, -0.1) is 5.10 Å². The molecular formula is C15H16N10O. The summed E-state index contributed by atoms with van der Waals surface area (Å²) in [5.74, 6) is 0.163. The predicted octanol–water partition coefficient (Wildman–Crippen LogP) is 1.03. The van der Waals surface area contributed by atoms with Crippen molar-refractivity contribution < 1.29 is 4.79 Å². The lowest BCUT2D eigenvalue weighted by Crippen LogP contribution is -2.19. The summed E-state index contributed by atoms with van der Waals surface area (Å²) >= 11 is 0. The monoisotopic (exact) mass is 352 g/mol. The van der Waals surface area contributed by atoms with Crippen LogP contribution in [0.2, 0.25) is 0 Å². The number of fused-ring (bicyclic) bond motifs is 1. The lowest BCUT2D eigenvalue weighted by molar-refractivity contribution is -0.116. The number of nitrogens with one attached hydrogen (secondary N) is 2. The van der Waals surface area contributed by atoms with Crippen LogP contribution in [0.25, 0.3) is 22.4 Å². The topological polar surface area (TPSA) is 132 Å². The van der Waals surface area contributed by atoms with Gasteiger partial charge in [0.05, 0.1) is 24.8 Å². The maximum atomic E-state index is 12.2. The second kappa shape index (κ2) is 6.35. The van der Waals surface area contributed by atoms with Gasteiger partial charge < -0.3 is 10.3 Å². The van der Waals surface area contributed by atoms with Crippen molar-refractivity contribution in [3.8, 4) is 11.3 Å². The maximum absolute atomic E-state index is 12.2. The summed E-state index contributed by atoms with van der Waals surface area (Å²) in [7, 11) is 0. The second-order valence-corrected chi connectivity index (χ2v) is 5.94. The summed E-state index contributed by atoms with van der Waals surface area (Å²) in [5.41, 5.74) is 2.75. The van der Waals surface area contributed by atoms with E-state index in [9.17, 15) is 4.79 Å². The van der Waals surface area contributed by atoms with Gasteiger partial charge in [0.25, 0.3) is 0 Å². The molecule has 132 valence electrons. The smallest absolute Gasteiger partial charge is 0.247 e. The highest BCUT2D eigenvalue weighted by atomic mass is 16.2. The molecule has 0 aliphatic rings. The standard InChI is InChI=1S/C15H16N10O/c1-9(2)25-21-4-11(23-25)22-12(26)6-24-5-10(3-20-24)13-14-15(18-7-16-13)19-8-17-14/h3-5,7-9H,6H2,1-2H3,(H,22,23,26)(H,16,17,18,19). The number of anilines is 1. The minimum absolute atomic E-state index is 0.0474. The van der Waals surface area contributed by atoms with E-state index in [1.54, 1.807) is 18.7 Å². The Labute approximate surface area is 147 Å². The van der Waals surface area contributed by atoms with E-state index < -0.39 is 0 Å². The highest BCUT2D eigenvalue weighted by Crippen LogP contribution is 2.22. The molecule has 4 aromatic rings. The van der Waals surface area contributed by atoms with Crippen LogP contribution in [0.4, 0.5) is 5.82 Å². The van der Waals surface area contributed by atoms with Crippen molar-refractivity contribution in [1.82, 2.24) is 44.7 Å². The number of carbonyl (C=O) groups excluding carboxylic acids is 1. The van der Waals surface area contributed by atoms with Crippen LogP contribution >= 0.6 is 0 Å². The number of aromatic nitrogens is 9. The molecule has 0 fully saturated rings. The van der Waals surface area contributed by atoms with Crippen LogP contribution in [0.5, 0.6) is 0 Å². The highest BCUT2D eigenvalue weighted by molar-refractivity contribution is 5.89. The van der Waals surface area contributed by atoms with Crippen molar-refractivity contribution in [3.05, 3.63) is 31.2 Å². The zero-order chi connectivity index (χ0) is 18.1. The summed E-state index contributed by atoms with van der Waals surface area (Å²) in [6.07, 6.45) is 7.91. The summed E-state index contributed by atoms with van der Waals surface area (Å²) in [5, 5.41) is 15.2. The number of hydrogen-bond donors (Lipinski definition) is 2. The third kappa shape index (κ3) is 3.01. The Morgan fingerprint density at radius 3 is 2.92 bits per heavy atom. The molecule has 0 spiro atoms. The molecule has 0 saturated carbocycles. The molecule has 4 rings (SSSR count). The van der Waals surface area contributed by atoms with Gasteiger partial charge in [-0.3, -0.25) is 9.48 Å². The van der Waals surface area contributed by atoms with Gasteiger partial charge in [0, 0.05) is 11.8 Å². The van der Waals surface area contributed by atoms with Gasteiger partial charge in [-0.1, -0.05) is 0 Å². The third-order valence-electron chi connectivity index (χ3n) is 3.67. The van der Waals surface area contributed by atoms with Crippen LogP contribution < -0.4 is 5.32 Å². The molecule has 0 aliphatic carbocycles. The number of imidazole rings is 1. The lowest BCUT2D eigenvalue weighted by atomic mass is 10.2. The fourth-order valence-electron chi connectivity index (χ4n) is 2.47. The van der Waals surface area contributed by atoms with Crippen LogP contribution in [-0.4, -0.2) is 50.6 Å². The first-order valence-corrected chi connectivity index (χ1v) is 7.99. The van der Waals surface area contributed by atoms with E-state index in [0.717, 1.165) is 11.1 Å². The third-order valence-corrected chi connectivity index (χ3v) is 3.67. The molecule has 0 bridgehead atoms. The van der Waals surface area contributed by atoms with E-state index >= 15 is 0 Å². The molecule has 26 heavy (non-hydrogen) atoms. The zero-order valence-electron chi connectivity index (χ0n) is 14.2. The number of hydrogen-bond acceptors (Lipinski definition) is 7. The van der Waals surface area contributed by atoms with Gasteiger partial charge >= 0.3 is 0 Å². The average molecular weight is 352 g/mol. The van der Waals surface area contributed by atoms with Crippen molar-refractivity contribution in [2.24, 2.45) is 0 Å². The van der Waals surface area contributed by atoms with E-state index in [1.165, 1.54) is 22.0 Å². The first-order chi connectivity index (χ1) is 12.6. The first kappa shape index (κ1) is 15.9. The summed E-state index contributed by atoms with van der Waals surface area (Å²) in [6, 6.07) is 0.126. The largest absolute Gasteiger partial charge is 0.341 e. The van der Waals surface area contributed by atoms with Gasteiger partial charge in [-0.25, -0.2) is 15.0 Å². The fourth-order valence-corrected chi connectivity index (χ4v) is 2.47. The Balaban J connectivity index is 1.48. The van der Waals surface area contributed by atoms with Crippen molar-refractivity contribution >= 4 is 22.9 Å². The Morgan fingerprint density at radius 2 is 2.12 bits per heavy atom. The minimum Gasteiger partial charge on any atom is -0.341 e. The molecule has 0 unspecified atom stereocenters. The van der Waals surface area contributed by atoms with E-state index in [4.69, 9.17) is 0 Å². The van der Waals surface area contributed by atoms with Crippen LogP contribution in [0.1, 0.15) is 19.9 Å². The number of aromatic amines is 1. The van der Waals surface area contributed by atoms with Gasteiger partial charge in [-0.05, 0) is 13.8 Å². The molecule has 0 atom stereocenters. The second-order valence-electron chi connectivity index (χ2n) is 5.94. The minimum atomic E-state index is -0.246. The molecule has 0 saturated heterocycles. The van der Waals surface area contributed by atoms with Crippen molar-refractivity contribution in [3.63, 3.8) is 0 Å². The predicted molar refractivity (Wildman–Crippen MR) is 91.9 cm³/mol. The van der Waals surface area contributed by atoms with Crippen molar-refractivity contribution in [2.45, 2.75) is 26.4 Å². The van der Waals surface area contributed by atoms with Crippen LogP contribution in [-0.2, 0) is 11.3 Å². The quantitative estimate of drug-likeness (QED) is 0.548. The molecule has 0 aromatic carbocycles. The van der Waals surface area contributed by atoms with Gasteiger partial charge in [0.1, 0.15) is 24.1 Å². The van der Waals surface area contributed by atoms with E-state index in [-0.39, 0.29) is 18.5 Å². The maximum Gasteiger partial charge on any atom is 0.247 e. The number of rotatable bonds is 5. The summed E-state index contributed by atoms with van der Waals surface area (Å²) in [6.45, 7) is 3.97. The van der Waals surface area contributed by atoms with Gasteiger partial charge in [0.15, 0.2) is 11.5 Å². The molecule has 2 N–H and O–H groups in total. The van der Waals surface area contributed by atoms with Crippen LogP contribution in [0.15, 0.2) is 31.2 Å². The Morgan fingerprint density at radius 1 is 1.23 bits per heavy atom. The van der Waals surface area contributed by atoms with Crippen LogP contribution in [0, 0.1) is 0 Å². The molecule has 11 nitrogen and oxygen atoms in total. The number of H-pyrrole nitrogens is 1. The number of carbonyl (C=O) groups is 1. The molecule has 4 aromatic heterocycles. The van der Waals surface area contributed by atoms with E-state index in [1.807, 2.05) is 13.8 Å². The summed E-state index contributed by atoms with van der Waals surface area (Å²) < 4.78 is 1.53. The molecule has 4 heterocycles. The number of nitrogens with zero attached hydrogens (tertiary/aromatic N) is 8. The zero-order valence-corrected chi connectivity index (χ0v) is 14.2. The Hall–Kier alpha value is -3.63. The Bertz CT molecular complexity index is 1060. The highest BCUT2D eigenvalue weighted by Gasteiger charge is 2.13. The fraction of sp³-hybridized carbons (Fsp3) is 0.267. The van der Waals surface area contributed by atoms with E-state index in [2.05, 4.69) is 40.5 Å². The van der Waals surface area contributed by atoms with Gasteiger partial charge in [0.2, 0.25) is 5.91 Å². The number of amides is 1. The lowest BCUT2D eigenvalue weighted by Gasteiger charge is -2.03.